The third-order valence-electron chi connectivity index (χ3n) is 3.51. The van der Waals surface area contributed by atoms with Crippen LogP contribution in [0.4, 0.5) is 4.39 Å². The third kappa shape index (κ3) is 7.51. The van der Waals surface area contributed by atoms with Crippen LogP contribution >= 0.6 is 12.6 Å². The molecule has 0 heterocycles. The van der Waals surface area contributed by atoms with Gasteiger partial charge >= 0.3 is 0 Å². The Kier molecular flexibility index (Phi) is 9.15. The van der Waals surface area contributed by atoms with Gasteiger partial charge in [0.15, 0.2) is 0 Å². The number of carbonyl (C=O) groups is 1. The zero-order valence-electron chi connectivity index (χ0n) is 12.8. The molecule has 0 aliphatic rings. The number of unbranched alkanes of at least 4 members (excludes halogenated alkanes) is 7. The quantitative estimate of drug-likeness (QED) is 0.463. The topological polar surface area (TPSA) is 29.1 Å². The van der Waals surface area contributed by atoms with E-state index in [1.54, 1.807) is 0 Å². The first kappa shape index (κ1) is 18.0. The number of hydrogen-bond acceptors (Lipinski definition) is 2. The highest BCUT2D eigenvalue weighted by molar-refractivity contribution is 7.80. The largest absolute Gasteiger partial charge is 0.352 e. The van der Waals surface area contributed by atoms with Crippen LogP contribution in [0.5, 0.6) is 0 Å². The van der Waals surface area contributed by atoms with E-state index in [2.05, 4.69) is 24.9 Å². The van der Waals surface area contributed by atoms with E-state index >= 15 is 0 Å². The summed E-state index contributed by atoms with van der Waals surface area (Å²) >= 11 is 4.12. The summed E-state index contributed by atoms with van der Waals surface area (Å²) in [5.41, 5.74) is 0.0714. The summed E-state index contributed by atoms with van der Waals surface area (Å²) in [4.78, 5) is 12.4. The molecular weight excluding hydrogens is 285 g/mol. The van der Waals surface area contributed by atoms with Crippen molar-refractivity contribution < 1.29 is 9.18 Å². The summed E-state index contributed by atoms with van der Waals surface area (Å²) in [5, 5.41) is 2.77. The molecule has 0 aliphatic carbocycles. The third-order valence-corrected chi connectivity index (χ3v) is 3.79. The van der Waals surface area contributed by atoms with E-state index in [0.717, 1.165) is 12.8 Å². The lowest BCUT2D eigenvalue weighted by molar-refractivity contribution is 0.0948. The van der Waals surface area contributed by atoms with Gasteiger partial charge in [-0.15, -0.1) is 12.6 Å². The summed E-state index contributed by atoms with van der Waals surface area (Å²) < 4.78 is 13.5. The Hall–Kier alpha value is -1.03. The van der Waals surface area contributed by atoms with Crippen molar-refractivity contribution in [1.29, 1.82) is 0 Å². The van der Waals surface area contributed by atoms with Gasteiger partial charge in [-0.05, 0) is 24.6 Å². The molecule has 0 aliphatic heterocycles. The van der Waals surface area contributed by atoms with Gasteiger partial charge in [0.25, 0.3) is 5.91 Å². The molecule has 0 saturated carbocycles. The van der Waals surface area contributed by atoms with Crippen LogP contribution in [0.3, 0.4) is 0 Å². The molecule has 0 atom stereocenters. The fourth-order valence-electron chi connectivity index (χ4n) is 2.24. The van der Waals surface area contributed by atoms with Crippen LogP contribution in [-0.4, -0.2) is 12.5 Å². The van der Waals surface area contributed by atoms with Crippen LogP contribution in [0.15, 0.2) is 23.1 Å². The number of benzene rings is 1. The number of hydrogen-bond donors (Lipinski definition) is 2. The molecule has 1 amide bonds. The number of halogens is 1. The van der Waals surface area contributed by atoms with Crippen molar-refractivity contribution in [2.75, 3.05) is 6.54 Å². The average Bonchev–Trinajstić information content (AvgIpc) is 2.48. The highest BCUT2D eigenvalue weighted by atomic mass is 32.1. The number of amides is 1. The zero-order valence-corrected chi connectivity index (χ0v) is 13.7. The molecule has 0 unspecified atom stereocenters. The fraction of sp³-hybridized carbons (Fsp3) is 0.588. The van der Waals surface area contributed by atoms with E-state index in [-0.39, 0.29) is 11.5 Å². The van der Waals surface area contributed by atoms with Crippen LogP contribution in [0.2, 0.25) is 0 Å². The van der Waals surface area contributed by atoms with Crippen molar-refractivity contribution in [3.63, 3.8) is 0 Å². The Bertz CT molecular complexity index is 437. The maximum atomic E-state index is 13.5. The number of carbonyl (C=O) groups excluding carboxylic acids is 1. The van der Waals surface area contributed by atoms with E-state index in [0.29, 0.717) is 11.4 Å². The molecule has 4 heteroatoms. The van der Waals surface area contributed by atoms with Crippen LogP contribution < -0.4 is 5.32 Å². The van der Waals surface area contributed by atoms with Gasteiger partial charge in [0.1, 0.15) is 5.82 Å². The van der Waals surface area contributed by atoms with Crippen LogP contribution in [0, 0.1) is 5.82 Å². The summed E-state index contributed by atoms with van der Waals surface area (Å²) in [6.45, 7) is 2.82. The molecule has 118 valence electrons. The highest BCUT2D eigenvalue weighted by Crippen LogP contribution is 2.13. The van der Waals surface area contributed by atoms with Crippen molar-refractivity contribution in [2.24, 2.45) is 0 Å². The minimum atomic E-state index is -0.499. The highest BCUT2D eigenvalue weighted by Gasteiger charge is 2.10. The molecule has 1 N–H and O–H groups in total. The molecule has 1 aromatic rings. The molecule has 0 bridgehead atoms. The van der Waals surface area contributed by atoms with E-state index in [1.165, 1.54) is 56.7 Å². The summed E-state index contributed by atoms with van der Waals surface area (Å²) in [6.07, 6.45) is 9.77. The number of nitrogens with one attached hydrogen (secondary N) is 1. The average molecular weight is 311 g/mol. The number of rotatable bonds is 10. The van der Waals surface area contributed by atoms with Gasteiger partial charge in [-0.25, -0.2) is 4.39 Å². The van der Waals surface area contributed by atoms with Gasteiger partial charge in [-0.2, -0.15) is 0 Å². The van der Waals surface area contributed by atoms with Gasteiger partial charge in [0, 0.05) is 11.4 Å². The Morgan fingerprint density at radius 2 is 1.71 bits per heavy atom. The number of thiol groups is 1. The molecule has 1 aromatic carbocycles. The lowest BCUT2D eigenvalue weighted by Gasteiger charge is -2.07. The molecule has 0 radical (unpaired) electrons. The smallest absolute Gasteiger partial charge is 0.254 e. The van der Waals surface area contributed by atoms with E-state index in [9.17, 15) is 9.18 Å². The molecule has 0 aromatic heterocycles. The van der Waals surface area contributed by atoms with Crippen LogP contribution in [-0.2, 0) is 0 Å². The van der Waals surface area contributed by atoms with Gasteiger partial charge in [0.2, 0.25) is 0 Å². The predicted molar refractivity (Wildman–Crippen MR) is 88.6 cm³/mol. The van der Waals surface area contributed by atoms with Crippen molar-refractivity contribution in [1.82, 2.24) is 5.32 Å². The minimum Gasteiger partial charge on any atom is -0.352 e. The Morgan fingerprint density at radius 1 is 1.10 bits per heavy atom. The second kappa shape index (κ2) is 10.7. The molecule has 0 saturated heterocycles. The van der Waals surface area contributed by atoms with E-state index in [4.69, 9.17) is 0 Å². The Balaban J connectivity index is 2.12. The monoisotopic (exact) mass is 311 g/mol. The minimum absolute atomic E-state index is 0.0714. The van der Waals surface area contributed by atoms with Gasteiger partial charge in [0.05, 0.1) is 5.56 Å². The second-order valence-electron chi connectivity index (χ2n) is 5.39. The molecule has 1 rings (SSSR count). The summed E-state index contributed by atoms with van der Waals surface area (Å²) in [5.74, 6) is -0.854. The maximum absolute atomic E-state index is 13.5. The summed E-state index contributed by atoms with van der Waals surface area (Å²) in [6, 6.07) is 4.27. The first-order valence-electron chi connectivity index (χ1n) is 7.92. The van der Waals surface area contributed by atoms with Crippen molar-refractivity contribution >= 4 is 18.5 Å². The molecule has 21 heavy (non-hydrogen) atoms. The van der Waals surface area contributed by atoms with Crippen molar-refractivity contribution in [3.05, 3.63) is 29.6 Å². The normalized spacial score (nSPS) is 10.6. The van der Waals surface area contributed by atoms with E-state index < -0.39 is 5.82 Å². The summed E-state index contributed by atoms with van der Waals surface area (Å²) in [7, 11) is 0. The van der Waals surface area contributed by atoms with Crippen molar-refractivity contribution in [3.8, 4) is 0 Å². The molecular formula is C17H26FNOS. The lowest BCUT2D eigenvalue weighted by Crippen LogP contribution is -2.25. The van der Waals surface area contributed by atoms with Gasteiger partial charge in [-0.1, -0.05) is 51.9 Å². The Morgan fingerprint density at radius 3 is 2.38 bits per heavy atom. The first-order valence-corrected chi connectivity index (χ1v) is 8.36. The van der Waals surface area contributed by atoms with Crippen LogP contribution in [0.1, 0.15) is 68.6 Å². The second-order valence-corrected chi connectivity index (χ2v) is 5.91. The van der Waals surface area contributed by atoms with Crippen LogP contribution in [0.25, 0.3) is 0 Å². The van der Waals surface area contributed by atoms with E-state index in [1.807, 2.05) is 0 Å². The predicted octanol–water partition coefficient (Wildman–Crippen LogP) is 4.98. The fourth-order valence-corrected chi connectivity index (χ4v) is 2.45. The standard InChI is InChI=1S/C17H26FNOS/c1-2-3-4-5-6-7-8-9-12-19-17(20)15-13-14(21)10-11-16(15)18/h10-11,13,21H,2-9,12H2,1H3,(H,19,20). The molecule has 0 spiro atoms. The van der Waals surface area contributed by atoms with Gasteiger partial charge < -0.3 is 5.32 Å². The maximum Gasteiger partial charge on any atom is 0.254 e. The molecule has 0 fully saturated rings. The first-order chi connectivity index (χ1) is 10.1. The SMILES string of the molecule is CCCCCCCCCCNC(=O)c1cc(S)ccc1F. The Labute approximate surface area is 132 Å². The molecule has 2 nitrogen and oxygen atoms in total. The zero-order chi connectivity index (χ0) is 15.5. The lowest BCUT2D eigenvalue weighted by atomic mass is 10.1. The van der Waals surface area contributed by atoms with Gasteiger partial charge in [-0.3, -0.25) is 4.79 Å². The van der Waals surface area contributed by atoms with Crippen molar-refractivity contribution in [2.45, 2.75) is 63.2 Å².